The number of aliphatic imine (C=N–C) groups is 1. The van der Waals surface area contributed by atoms with Gasteiger partial charge in [-0.15, -0.1) is 0 Å². The number of nitrogens with zero attached hydrogens (tertiary/aromatic N) is 2. The van der Waals surface area contributed by atoms with Crippen LogP contribution >= 0.6 is 0 Å². The summed E-state index contributed by atoms with van der Waals surface area (Å²) in [5.41, 5.74) is -2.17. The highest BCUT2D eigenvalue weighted by Gasteiger charge is 2.33. The maximum absolute atomic E-state index is 12.8. The van der Waals surface area contributed by atoms with Gasteiger partial charge < -0.3 is 10.6 Å². The van der Waals surface area contributed by atoms with Crippen LogP contribution in [-0.4, -0.2) is 38.2 Å². The van der Waals surface area contributed by atoms with Gasteiger partial charge in [0.15, 0.2) is 0 Å². The van der Waals surface area contributed by atoms with Crippen molar-refractivity contribution in [3.8, 4) is 0 Å². The minimum atomic E-state index is -4.76. The molecule has 33 heavy (non-hydrogen) atoms. The molecule has 0 aliphatic carbocycles. The second kappa shape index (κ2) is 9.44. The van der Waals surface area contributed by atoms with Crippen molar-refractivity contribution < 1.29 is 31.3 Å². The maximum atomic E-state index is 12.8. The molecular weight excluding hydrogens is 467 g/mol. The van der Waals surface area contributed by atoms with Crippen LogP contribution in [0.3, 0.4) is 0 Å². The molecule has 0 saturated heterocycles. The number of carbonyl (C=O) groups excluding carboxylic acids is 1. The van der Waals surface area contributed by atoms with Gasteiger partial charge in [-0.05, 0) is 36.8 Å². The van der Waals surface area contributed by atoms with E-state index in [-0.39, 0.29) is 16.3 Å². The van der Waals surface area contributed by atoms with Crippen molar-refractivity contribution in [3.63, 3.8) is 0 Å². The summed E-state index contributed by atoms with van der Waals surface area (Å²) in [5.74, 6) is -0.348. The van der Waals surface area contributed by atoms with E-state index in [4.69, 9.17) is 0 Å². The molecule has 1 amide bonds. The number of alkyl halides is 3. The molecule has 176 valence electrons. The second-order valence-corrected chi connectivity index (χ2v) is 8.64. The van der Waals surface area contributed by atoms with Crippen molar-refractivity contribution in [1.82, 2.24) is 4.72 Å². The van der Waals surface area contributed by atoms with Crippen LogP contribution in [0.15, 0.2) is 52.4 Å². The van der Waals surface area contributed by atoms with Crippen molar-refractivity contribution in [2.24, 2.45) is 4.99 Å². The first-order valence-corrected chi connectivity index (χ1v) is 11.0. The first-order chi connectivity index (χ1) is 15.5. The Kier molecular flexibility index (Phi) is 6.86. The van der Waals surface area contributed by atoms with E-state index in [1.54, 1.807) is 0 Å². The highest BCUT2D eigenvalue weighted by molar-refractivity contribution is 7.90. The van der Waals surface area contributed by atoms with Gasteiger partial charge in [0.25, 0.3) is 15.7 Å². The van der Waals surface area contributed by atoms with E-state index in [1.807, 2.05) is 0 Å². The van der Waals surface area contributed by atoms with Gasteiger partial charge in [0.1, 0.15) is 11.5 Å². The summed E-state index contributed by atoms with van der Waals surface area (Å²) in [5, 5.41) is 16.0. The molecule has 1 aliphatic heterocycles. The minimum absolute atomic E-state index is 0.110. The molecule has 10 nitrogen and oxygen atoms in total. The van der Waals surface area contributed by atoms with Gasteiger partial charge in [-0.3, -0.25) is 24.6 Å². The molecule has 0 saturated carbocycles. The van der Waals surface area contributed by atoms with Gasteiger partial charge in [-0.2, -0.15) is 13.2 Å². The molecule has 0 unspecified atom stereocenters. The van der Waals surface area contributed by atoms with Gasteiger partial charge in [0, 0.05) is 24.7 Å². The smallest absolute Gasteiger partial charge is 0.371 e. The van der Waals surface area contributed by atoms with Crippen LogP contribution < -0.4 is 15.4 Å². The molecule has 0 fully saturated rings. The summed E-state index contributed by atoms with van der Waals surface area (Å²) in [6.45, 7) is 0.0241. The lowest BCUT2D eigenvalue weighted by molar-refractivity contribution is -0.384. The number of rotatable bonds is 7. The van der Waals surface area contributed by atoms with Gasteiger partial charge in [-0.1, -0.05) is 6.07 Å². The Morgan fingerprint density at radius 3 is 2.58 bits per heavy atom. The number of anilines is 2. The van der Waals surface area contributed by atoms with E-state index in [0.29, 0.717) is 30.9 Å². The predicted molar refractivity (Wildman–Crippen MR) is 114 cm³/mol. The zero-order valence-electron chi connectivity index (χ0n) is 16.8. The number of benzene rings is 2. The molecule has 0 spiro atoms. The molecule has 0 bridgehead atoms. The second-order valence-electron chi connectivity index (χ2n) is 6.95. The third-order valence-electron chi connectivity index (χ3n) is 4.52. The minimum Gasteiger partial charge on any atom is -0.371 e. The first kappa shape index (κ1) is 24.0. The number of sulfonamides is 1. The van der Waals surface area contributed by atoms with Crippen LogP contribution in [0.5, 0.6) is 0 Å². The molecule has 0 atom stereocenters. The van der Waals surface area contributed by atoms with Crippen LogP contribution in [0.1, 0.15) is 18.4 Å². The molecular formula is C19H18F3N5O5S. The van der Waals surface area contributed by atoms with Crippen LogP contribution in [0.25, 0.3) is 0 Å². The summed E-state index contributed by atoms with van der Waals surface area (Å²) in [6, 6.07) is 7.28. The topological polar surface area (TPSA) is 143 Å². The fraction of sp³-hybridized carbons (Fsp3) is 0.263. The van der Waals surface area contributed by atoms with Crippen LogP contribution in [-0.2, 0) is 21.0 Å². The Balaban J connectivity index is 1.67. The van der Waals surface area contributed by atoms with Gasteiger partial charge >= 0.3 is 6.18 Å². The first-order valence-electron chi connectivity index (χ1n) is 9.51. The van der Waals surface area contributed by atoms with Crippen LogP contribution in [0.2, 0.25) is 0 Å². The SMILES string of the molecule is O=C(CNc1ccc(C(F)(F)F)cc1[N+](=O)[O-])Nc1cccc(S(=O)(=O)NC2=NCCC2)c1. The van der Waals surface area contributed by atoms with Gasteiger partial charge in [0.05, 0.1) is 21.9 Å². The summed E-state index contributed by atoms with van der Waals surface area (Å²) in [6.07, 6.45) is -3.50. The maximum Gasteiger partial charge on any atom is 0.416 e. The predicted octanol–water partition coefficient (Wildman–Crippen LogP) is 3.13. The number of halogens is 3. The van der Waals surface area contributed by atoms with Crippen LogP contribution in [0, 0.1) is 10.1 Å². The zero-order valence-corrected chi connectivity index (χ0v) is 17.7. The van der Waals surface area contributed by atoms with E-state index in [0.717, 1.165) is 12.5 Å². The highest BCUT2D eigenvalue weighted by atomic mass is 32.2. The number of nitrogens with one attached hydrogen (secondary N) is 3. The van der Waals surface area contributed by atoms with Gasteiger partial charge in [-0.25, -0.2) is 8.42 Å². The molecule has 2 aromatic rings. The average molecular weight is 485 g/mol. The summed E-state index contributed by atoms with van der Waals surface area (Å²) < 4.78 is 65.7. The Bertz CT molecular complexity index is 1210. The van der Waals surface area contributed by atoms with Crippen molar-refractivity contribution >= 4 is 38.8 Å². The van der Waals surface area contributed by atoms with Crippen molar-refractivity contribution in [2.45, 2.75) is 23.9 Å². The summed E-state index contributed by atoms with van der Waals surface area (Å²) in [4.78, 5) is 26.3. The lowest BCUT2D eigenvalue weighted by atomic mass is 10.1. The number of nitro groups is 1. The van der Waals surface area contributed by atoms with Crippen LogP contribution in [0.4, 0.5) is 30.2 Å². The third kappa shape index (κ3) is 6.19. The zero-order chi connectivity index (χ0) is 24.2. The number of carbonyl (C=O) groups is 1. The number of hydrogen-bond acceptors (Lipinski definition) is 7. The van der Waals surface area contributed by atoms with Gasteiger partial charge in [0.2, 0.25) is 5.91 Å². The fourth-order valence-electron chi connectivity index (χ4n) is 2.97. The number of nitro benzene ring substituents is 1. The lowest BCUT2D eigenvalue weighted by Crippen LogP contribution is -2.29. The van der Waals surface area contributed by atoms with Crippen molar-refractivity contribution in [2.75, 3.05) is 23.7 Å². The lowest BCUT2D eigenvalue weighted by Gasteiger charge is -2.12. The molecule has 3 rings (SSSR count). The Labute approximate surface area is 186 Å². The standard InChI is InChI=1S/C19H18F3N5O5S/c20-19(21,22)12-6-7-15(16(9-12)27(29)30)24-11-18(28)25-13-3-1-4-14(10-13)33(31,32)26-17-5-2-8-23-17/h1,3-4,6-7,9-10,24H,2,5,8,11H2,(H,23,26)(H,25,28). The van der Waals surface area contributed by atoms with Crippen molar-refractivity contribution in [1.29, 1.82) is 0 Å². The van der Waals surface area contributed by atoms with E-state index in [2.05, 4.69) is 20.3 Å². The summed E-state index contributed by atoms with van der Waals surface area (Å²) >= 11 is 0. The number of hydrogen-bond donors (Lipinski definition) is 3. The third-order valence-corrected chi connectivity index (χ3v) is 5.89. The van der Waals surface area contributed by atoms with E-state index in [1.165, 1.54) is 24.3 Å². The Morgan fingerprint density at radius 2 is 1.94 bits per heavy atom. The largest absolute Gasteiger partial charge is 0.416 e. The highest BCUT2D eigenvalue weighted by Crippen LogP contribution is 2.34. The Morgan fingerprint density at radius 1 is 1.18 bits per heavy atom. The van der Waals surface area contributed by atoms with E-state index in [9.17, 15) is 36.5 Å². The normalized spacial score (nSPS) is 13.8. The van der Waals surface area contributed by atoms with E-state index >= 15 is 0 Å². The quantitative estimate of drug-likeness (QED) is 0.406. The molecule has 1 aliphatic rings. The molecule has 1 heterocycles. The molecule has 0 aromatic heterocycles. The molecule has 2 aromatic carbocycles. The van der Waals surface area contributed by atoms with Crippen molar-refractivity contribution in [3.05, 3.63) is 58.1 Å². The summed E-state index contributed by atoms with van der Waals surface area (Å²) in [7, 11) is -3.90. The number of amidine groups is 1. The van der Waals surface area contributed by atoms with E-state index < -0.39 is 44.8 Å². The molecule has 14 heteroatoms. The fourth-order valence-corrected chi connectivity index (χ4v) is 4.10. The molecule has 3 N–H and O–H groups in total. The Hall–Kier alpha value is -3.68. The number of amides is 1. The average Bonchev–Trinajstić information content (AvgIpc) is 3.24. The molecule has 0 radical (unpaired) electrons. The monoisotopic (exact) mass is 485 g/mol.